The molecule has 0 saturated carbocycles. The summed E-state index contributed by atoms with van der Waals surface area (Å²) in [6.07, 6.45) is 3.21. The second-order valence-corrected chi connectivity index (χ2v) is 8.83. The molecule has 2 aromatic rings. The summed E-state index contributed by atoms with van der Waals surface area (Å²) in [5, 5.41) is 7.04. The Kier molecular flexibility index (Phi) is 7.58. The molecule has 0 radical (unpaired) electrons. The van der Waals surface area contributed by atoms with Crippen LogP contribution >= 0.6 is 0 Å². The van der Waals surface area contributed by atoms with Gasteiger partial charge in [0.05, 0.1) is 0 Å². The van der Waals surface area contributed by atoms with Crippen LogP contribution in [0.4, 0.5) is 14.5 Å². The van der Waals surface area contributed by atoms with E-state index < -0.39 is 11.6 Å². The van der Waals surface area contributed by atoms with Crippen LogP contribution in [-0.2, 0) is 6.54 Å². The van der Waals surface area contributed by atoms with Gasteiger partial charge in [-0.1, -0.05) is 30.3 Å². The van der Waals surface area contributed by atoms with Crippen LogP contribution in [-0.4, -0.2) is 56.7 Å². The number of rotatable bonds is 6. The average Bonchev–Trinajstić information content (AvgIpc) is 3.29. The quantitative estimate of drug-likeness (QED) is 0.531. The van der Waals surface area contributed by atoms with E-state index in [4.69, 9.17) is 0 Å². The predicted molar refractivity (Wildman–Crippen MR) is 126 cm³/mol. The van der Waals surface area contributed by atoms with Gasteiger partial charge in [0.2, 0.25) is 0 Å². The molecule has 172 valence electrons. The lowest BCUT2D eigenvalue weighted by Crippen LogP contribution is -2.49. The van der Waals surface area contributed by atoms with E-state index in [9.17, 15) is 8.78 Å². The highest BCUT2D eigenvalue weighted by Crippen LogP contribution is 2.25. The van der Waals surface area contributed by atoms with Crippen molar-refractivity contribution in [1.29, 1.82) is 0 Å². The molecule has 1 atom stereocenters. The van der Waals surface area contributed by atoms with Gasteiger partial charge in [-0.3, -0.25) is 9.89 Å². The van der Waals surface area contributed by atoms with Crippen molar-refractivity contribution >= 4 is 11.6 Å². The van der Waals surface area contributed by atoms with Crippen LogP contribution in [0.15, 0.2) is 53.5 Å². The van der Waals surface area contributed by atoms with Gasteiger partial charge in [0.1, 0.15) is 0 Å². The Morgan fingerprint density at radius 2 is 1.78 bits per heavy atom. The fourth-order valence-corrected chi connectivity index (χ4v) is 4.62. The van der Waals surface area contributed by atoms with Gasteiger partial charge in [-0.25, -0.2) is 8.78 Å². The largest absolute Gasteiger partial charge is 0.371 e. The molecule has 2 aliphatic rings. The lowest BCUT2D eigenvalue weighted by molar-refractivity contribution is 0.198. The molecule has 2 fully saturated rings. The Morgan fingerprint density at radius 1 is 1.00 bits per heavy atom. The van der Waals surface area contributed by atoms with E-state index in [-0.39, 0.29) is 0 Å². The molecule has 2 N–H and O–H groups in total. The highest BCUT2D eigenvalue weighted by atomic mass is 19.2. The van der Waals surface area contributed by atoms with Crippen LogP contribution in [0.2, 0.25) is 0 Å². The summed E-state index contributed by atoms with van der Waals surface area (Å²) in [4.78, 5) is 9.03. The first kappa shape index (κ1) is 22.5. The van der Waals surface area contributed by atoms with Crippen LogP contribution in [0.25, 0.3) is 0 Å². The van der Waals surface area contributed by atoms with Crippen LogP contribution < -0.4 is 15.5 Å². The molecule has 4 rings (SSSR count). The van der Waals surface area contributed by atoms with E-state index in [0.29, 0.717) is 12.0 Å². The number of anilines is 1. The minimum absolute atomic E-state index is 0.426. The third kappa shape index (κ3) is 5.97. The Labute approximate surface area is 189 Å². The van der Waals surface area contributed by atoms with Crippen LogP contribution in [0.3, 0.4) is 0 Å². The number of aliphatic imine (C=N–C) groups is 1. The summed E-state index contributed by atoms with van der Waals surface area (Å²) in [5.74, 6) is -0.303. The number of piperidine rings is 1. The Morgan fingerprint density at radius 3 is 2.50 bits per heavy atom. The zero-order chi connectivity index (χ0) is 22.3. The SMILES string of the molecule is CN=C(NCC1CCN(c2ccc(F)c(F)c2)C1)NC1CCN(Cc2ccccc2)CC1. The van der Waals surface area contributed by atoms with Crippen molar-refractivity contribution in [2.24, 2.45) is 10.9 Å². The van der Waals surface area contributed by atoms with Gasteiger partial charge >= 0.3 is 0 Å². The monoisotopic (exact) mass is 441 g/mol. The second-order valence-electron chi connectivity index (χ2n) is 8.83. The Bertz CT molecular complexity index is 896. The molecular formula is C25H33F2N5. The maximum atomic E-state index is 13.5. The molecule has 0 spiro atoms. The van der Waals surface area contributed by atoms with Crippen molar-refractivity contribution in [3.8, 4) is 0 Å². The Hall–Kier alpha value is -2.67. The first-order chi connectivity index (χ1) is 15.6. The van der Waals surface area contributed by atoms with Crippen LogP contribution in [0.5, 0.6) is 0 Å². The van der Waals surface area contributed by atoms with Crippen molar-refractivity contribution in [3.05, 3.63) is 65.7 Å². The summed E-state index contributed by atoms with van der Waals surface area (Å²) in [5.41, 5.74) is 2.11. The van der Waals surface area contributed by atoms with Gasteiger partial charge < -0.3 is 15.5 Å². The first-order valence-electron chi connectivity index (χ1n) is 11.5. The standard InChI is InChI=1S/C25H33F2N5/c1-28-25(30-21-10-12-31(13-11-21)17-19-5-3-2-4-6-19)29-16-20-9-14-32(18-20)22-7-8-23(26)24(27)15-22/h2-8,15,20-21H,9-14,16-18H2,1H3,(H2,28,29,30). The molecule has 2 heterocycles. The number of guanidine groups is 1. The maximum absolute atomic E-state index is 13.5. The third-order valence-corrected chi connectivity index (χ3v) is 6.51. The predicted octanol–water partition coefficient (Wildman–Crippen LogP) is 3.62. The lowest BCUT2D eigenvalue weighted by atomic mass is 10.0. The van der Waals surface area contributed by atoms with E-state index in [1.54, 1.807) is 6.07 Å². The molecule has 2 saturated heterocycles. The van der Waals surface area contributed by atoms with Crippen molar-refractivity contribution in [1.82, 2.24) is 15.5 Å². The highest BCUT2D eigenvalue weighted by molar-refractivity contribution is 5.80. The van der Waals surface area contributed by atoms with E-state index >= 15 is 0 Å². The van der Waals surface area contributed by atoms with E-state index in [2.05, 4.69) is 55.8 Å². The number of hydrogen-bond donors (Lipinski definition) is 2. The molecule has 0 aliphatic carbocycles. The number of nitrogens with one attached hydrogen (secondary N) is 2. The first-order valence-corrected chi connectivity index (χ1v) is 11.5. The molecule has 2 aromatic carbocycles. The lowest BCUT2D eigenvalue weighted by Gasteiger charge is -2.33. The molecule has 2 aliphatic heterocycles. The third-order valence-electron chi connectivity index (χ3n) is 6.51. The van der Waals surface area contributed by atoms with Crippen molar-refractivity contribution in [2.45, 2.75) is 31.8 Å². The number of halogens is 2. The number of hydrogen-bond acceptors (Lipinski definition) is 3. The molecular weight excluding hydrogens is 408 g/mol. The number of benzene rings is 2. The van der Waals surface area contributed by atoms with E-state index in [0.717, 1.165) is 70.2 Å². The fraction of sp³-hybridized carbons (Fsp3) is 0.480. The minimum Gasteiger partial charge on any atom is -0.371 e. The molecule has 7 heteroatoms. The summed E-state index contributed by atoms with van der Waals surface area (Å²) in [6, 6.07) is 15.2. The molecule has 32 heavy (non-hydrogen) atoms. The summed E-state index contributed by atoms with van der Waals surface area (Å²) < 4.78 is 26.7. The zero-order valence-corrected chi connectivity index (χ0v) is 18.7. The normalized spacial score (nSPS) is 20.5. The number of likely N-dealkylation sites (tertiary alicyclic amines) is 1. The number of nitrogens with zero attached hydrogens (tertiary/aromatic N) is 3. The second kappa shape index (κ2) is 10.8. The van der Waals surface area contributed by atoms with Gasteiger partial charge in [-0.05, 0) is 42.9 Å². The van der Waals surface area contributed by atoms with Crippen molar-refractivity contribution < 1.29 is 8.78 Å². The summed E-state index contributed by atoms with van der Waals surface area (Å²) in [6.45, 7) is 5.66. The van der Waals surface area contributed by atoms with Gasteiger partial charge in [0, 0.05) is 64.1 Å². The molecule has 0 bridgehead atoms. The van der Waals surface area contributed by atoms with Crippen molar-refractivity contribution in [3.63, 3.8) is 0 Å². The summed E-state index contributed by atoms with van der Waals surface area (Å²) in [7, 11) is 1.81. The maximum Gasteiger partial charge on any atom is 0.191 e. The molecule has 1 unspecified atom stereocenters. The smallest absolute Gasteiger partial charge is 0.191 e. The molecule has 0 amide bonds. The fourth-order valence-electron chi connectivity index (χ4n) is 4.62. The summed E-state index contributed by atoms with van der Waals surface area (Å²) >= 11 is 0. The molecule has 5 nitrogen and oxygen atoms in total. The zero-order valence-electron chi connectivity index (χ0n) is 18.7. The van der Waals surface area contributed by atoms with Crippen LogP contribution in [0, 0.1) is 17.6 Å². The minimum atomic E-state index is -0.799. The van der Waals surface area contributed by atoms with Gasteiger partial charge in [-0.15, -0.1) is 0 Å². The topological polar surface area (TPSA) is 42.9 Å². The Balaban J connectivity index is 1.18. The van der Waals surface area contributed by atoms with Gasteiger partial charge in [0.25, 0.3) is 0 Å². The van der Waals surface area contributed by atoms with Gasteiger partial charge in [0.15, 0.2) is 17.6 Å². The molecule has 0 aromatic heterocycles. The average molecular weight is 442 g/mol. The highest BCUT2D eigenvalue weighted by Gasteiger charge is 2.24. The van der Waals surface area contributed by atoms with E-state index in [1.807, 2.05) is 7.05 Å². The van der Waals surface area contributed by atoms with E-state index in [1.165, 1.54) is 17.7 Å². The van der Waals surface area contributed by atoms with Crippen LogP contribution in [0.1, 0.15) is 24.8 Å². The van der Waals surface area contributed by atoms with Gasteiger partial charge in [-0.2, -0.15) is 0 Å². The van der Waals surface area contributed by atoms with Crippen molar-refractivity contribution in [2.75, 3.05) is 44.7 Å².